The Morgan fingerprint density at radius 3 is 2.10 bits per heavy atom. The highest BCUT2D eigenvalue weighted by Gasteiger charge is 2.47. The molecular weight excluding hydrogens is 624 g/mol. The Hall–Kier alpha value is -4.94. The van der Waals surface area contributed by atoms with Crippen LogP contribution in [0.25, 0.3) is 0 Å². The fourth-order valence-electron chi connectivity index (χ4n) is 4.90. The van der Waals surface area contributed by atoms with Crippen molar-refractivity contribution in [3.8, 4) is 5.75 Å². The van der Waals surface area contributed by atoms with Crippen LogP contribution in [0.2, 0.25) is 0 Å². The van der Waals surface area contributed by atoms with Crippen LogP contribution in [0.5, 0.6) is 5.75 Å². The number of esters is 4. The number of nitrogen functional groups attached to an aromatic ring is 1. The quantitative estimate of drug-likeness (QED) is 0.128. The van der Waals surface area contributed by atoms with E-state index in [0.717, 1.165) is 0 Å². The molecule has 1 fully saturated rings. The lowest BCUT2D eigenvalue weighted by molar-refractivity contribution is -0.183. The molecule has 13 heteroatoms. The third-order valence-corrected chi connectivity index (χ3v) is 8.27. The standard InChI is InChI=1S/C35H44N2O11/c1-8-19(4)28-33(43)45-20(5)25(37-30(40)22-15-12-16-23(36)26(22)38)31(41)47-27(18(2)3)32(42)46-24(17-21-13-10-9-11-14-21)29(39)35(6,7)34(44)48-28/h9-16,18-20,24-25,27-28,38H,8,17,36H2,1-7H3,(H,37,40)/t19-,20+,24+,25-,27-,28-/m0/s1. The van der Waals surface area contributed by atoms with Crippen molar-refractivity contribution in [2.75, 3.05) is 5.73 Å². The maximum absolute atomic E-state index is 14.0. The SMILES string of the molecule is CC[C@H](C)[C@@H]1OC(=O)C(C)(C)C(=O)[C@@H](Cc2ccccc2)OC(=O)[C@H](C(C)C)OC(=O)[C@@H](NC(=O)c2cccc(N)c2O)[C@@H](C)OC1=O. The van der Waals surface area contributed by atoms with E-state index in [9.17, 15) is 33.9 Å². The molecule has 0 aromatic heterocycles. The van der Waals surface area contributed by atoms with E-state index in [0.29, 0.717) is 12.0 Å². The van der Waals surface area contributed by atoms with Crippen molar-refractivity contribution in [1.82, 2.24) is 5.32 Å². The summed E-state index contributed by atoms with van der Waals surface area (Å²) in [6, 6.07) is 11.0. The molecular formula is C35H44N2O11. The van der Waals surface area contributed by atoms with Gasteiger partial charge in [-0.3, -0.25) is 14.4 Å². The van der Waals surface area contributed by atoms with E-state index in [2.05, 4.69) is 5.32 Å². The van der Waals surface area contributed by atoms with Gasteiger partial charge in [0.15, 0.2) is 23.7 Å². The van der Waals surface area contributed by atoms with Gasteiger partial charge in [0.25, 0.3) is 5.91 Å². The number of para-hydroxylation sites is 1. The summed E-state index contributed by atoms with van der Waals surface area (Å²) < 4.78 is 22.5. The van der Waals surface area contributed by atoms with Crippen LogP contribution in [0, 0.1) is 17.3 Å². The van der Waals surface area contributed by atoms with Gasteiger partial charge in [0.2, 0.25) is 12.2 Å². The van der Waals surface area contributed by atoms with Crippen molar-refractivity contribution in [2.45, 2.75) is 91.8 Å². The number of amides is 1. The van der Waals surface area contributed by atoms with E-state index in [1.54, 1.807) is 58.0 Å². The van der Waals surface area contributed by atoms with Crippen LogP contribution < -0.4 is 11.1 Å². The van der Waals surface area contributed by atoms with Crippen LogP contribution in [0.4, 0.5) is 5.69 Å². The smallest absolute Gasteiger partial charge is 0.348 e. The van der Waals surface area contributed by atoms with Gasteiger partial charge in [0.05, 0.1) is 11.3 Å². The van der Waals surface area contributed by atoms with Crippen molar-refractivity contribution in [3.05, 3.63) is 59.7 Å². The maximum Gasteiger partial charge on any atom is 0.348 e. The molecule has 3 rings (SSSR count). The van der Waals surface area contributed by atoms with Crippen LogP contribution >= 0.6 is 0 Å². The molecule has 0 aliphatic carbocycles. The van der Waals surface area contributed by atoms with Gasteiger partial charge in [0, 0.05) is 18.3 Å². The Labute approximate surface area is 279 Å². The first kappa shape index (κ1) is 37.5. The molecule has 48 heavy (non-hydrogen) atoms. The molecule has 13 nitrogen and oxygen atoms in total. The van der Waals surface area contributed by atoms with Crippen LogP contribution in [0.15, 0.2) is 48.5 Å². The Kier molecular flexibility index (Phi) is 12.3. The molecule has 1 amide bonds. The highest BCUT2D eigenvalue weighted by molar-refractivity contribution is 6.06. The van der Waals surface area contributed by atoms with Gasteiger partial charge in [-0.15, -0.1) is 0 Å². The number of ether oxygens (including phenoxy) is 4. The summed E-state index contributed by atoms with van der Waals surface area (Å²) in [5, 5.41) is 12.8. The van der Waals surface area contributed by atoms with Gasteiger partial charge >= 0.3 is 23.9 Å². The molecule has 0 bridgehead atoms. The number of phenols is 1. The van der Waals surface area contributed by atoms with Gasteiger partial charge in [-0.1, -0.05) is 64.1 Å². The molecule has 0 radical (unpaired) electrons. The number of hydrogen-bond donors (Lipinski definition) is 3. The van der Waals surface area contributed by atoms with Crippen LogP contribution in [-0.4, -0.2) is 71.1 Å². The van der Waals surface area contributed by atoms with Crippen molar-refractivity contribution in [2.24, 2.45) is 17.3 Å². The first-order valence-corrected chi connectivity index (χ1v) is 15.8. The number of carbonyl (C=O) groups excluding carboxylic acids is 6. The summed E-state index contributed by atoms with van der Waals surface area (Å²) in [6.07, 6.45) is -5.81. The number of phenolic OH excluding ortho intramolecular Hbond substituents is 1. The zero-order chi connectivity index (χ0) is 35.9. The van der Waals surface area contributed by atoms with E-state index in [4.69, 9.17) is 24.7 Å². The number of cyclic esters (lactones) is 4. The Balaban J connectivity index is 2.12. The summed E-state index contributed by atoms with van der Waals surface area (Å²) in [5.41, 5.74) is 4.08. The van der Waals surface area contributed by atoms with Crippen LogP contribution in [-0.2, 0) is 49.3 Å². The van der Waals surface area contributed by atoms with Gasteiger partial charge in [0.1, 0.15) is 11.5 Å². The number of Topliss-reactive ketones (excluding diaryl/α,β-unsaturated/α-hetero) is 1. The number of rotatable bonds is 7. The molecule has 1 heterocycles. The maximum atomic E-state index is 14.0. The molecule has 1 saturated heterocycles. The molecule has 0 saturated carbocycles. The minimum Gasteiger partial charge on any atom is -0.505 e. The van der Waals surface area contributed by atoms with E-state index >= 15 is 0 Å². The summed E-state index contributed by atoms with van der Waals surface area (Å²) in [7, 11) is 0. The van der Waals surface area contributed by atoms with Gasteiger partial charge in [-0.2, -0.15) is 0 Å². The van der Waals surface area contributed by atoms with Gasteiger partial charge in [-0.25, -0.2) is 14.4 Å². The molecule has 0 spiro atoms. The first-order chi connectivity index (χ1) is 22.5. The second-order valence-corrected chi connectivity index (χ2v) is 12.8. The minimum atomic E-state index is -1.89. The van der Waals surface area contributed by atoms with Crippen molar-refractivity contribution < 1.29 is 52.8 Å². The lowest BCUT2D eigenvalue weighted by Crippen LogP contribution is -2.52. The summed E-state index contributed by atoms with van der Waals surface area (Å²) >= 11 is 0. The van der Waals surface area contributed by atoms with Crippen molar-refractivity contribution in [1.29, 1.82) is 0 Å². The second-order valence-electron chi connectivity index (χ2n) is 12.8. The van der Waals surface area contributed by atoms with Crippen LogP contribution in [0.1, 0.15) is 70.8 Å². The number of benzene rings is 2. The fraction of sp³-hybridized carbons (Fsp3) is 0.486. The normalized spacial score (nSPS) is 24.7. The number of nitrogens with one attached hydrogen (secondary N) is 1. The van der Waals surface area contributed by atoms with Crippen molar-refractivity contribution >= 4 is 41.3 Å². The van der Waals surface area contributed by atoms with E-state index < -0.39 is 89.0 Å². The monoisotopic (exact) mass is 668 g/mol. The lowest BCUT2D eigenvalue weighted by Gasteiger charge is -2.30. The Morgan fingerprint density at radius 1 is 0.875 bits per heavy atom. The topological polar surface area (TPSA) is 198 Å². The zero-order valence-corrected chi connectivity index (χ0v) is 28.2. The lowest BCUT2D eigenvalue weighted by atomic mass is 9.83. The number of aromatic hydroxyl groups is 1. The molecule has 2 aromatic rings. The average Bonchev–Trinajstić information content (AvgIpc) is 3.04. The molecule has 2 aromatic carbocycles. The highest BCUT2D eigenvalue weighted by Crippen LogP contribution is 2.29. The third-order valence-electron chi connectivity index (χ3n) is 8.27. The fourth-order valence-corrected chi connectivity index (χ4v) is 4.90. The van der Waals surface area contributed by atoms with E-state index in [1.807, 2.05) is 0 Å². The number of ketones is 1. The number of carbonyl (C=O) groups is 6. The third kappa shape index (κ3) is 8.69. The average molecular weight is 669 g/mol. The number of anilines is 1. The summed E-state index contributed by atoms with van der Waals surface area (Å²) in [5.74, 6) is -7.96. The Bertz CT molecular complexity index is 1520. The highest BCUT2D eigenvalue weighted by atomic mass is 16.6. The number of hydrogen-bond acceptors (Lipinski definition) is 12. The Morgan fingerprint density at radius 2 is 1.50 bits per heavy atom. The minimum absolute atomic E-state index is 0.102. The van der Waals surface area contributed by atoms with Gasteiger partial charge < -0.3 is 35.1 Å². The largest absolute Gasteiger partial charge is 0.505 e. The van der Waals surface area contributed by atoms with Gasteiger partial charge in [-0.05, 0) is 44.9 Å². The van der Waals surface area contributed by atoms with E-state index in [1.165, 1.54) is 39.0 Å². The van der Waals surface area contributed by atoms with Crippen LogP contribution in [0.3, 0.4) is 0 Å². The first-order valence-electron chi connectivity index (χ1n) is 15.8. The summed E-state index contributed by atoms with van der Waals surface area (Å²) in [6.45, 7) is 10.4. The predicted molar refractivity (Wildman–Crippen MR) is 172 cm³/mol. The van der Waals surface area contributed by atoms with Crippen molar-refractivity contribution in [3.63, 3.8) is 0 Å². The number of nitrogens with two attached hydrogens (primary N) is 1. The van der Waals surface area contributed by atoms with E-state index in [-0.39, 0.29) is 17.7 Å². The summed E-state index contributed by atoms with van der Waals surface area (Å²) in [4.78, 5) is 81.8. The molecule has 1 aliphatic rings. The predicted octanol–water partition coefficient (Wildman–Crippen LogP) is 3.29. The molecule has 0 unspecified atom stereocenters. The molecule has 260 valence electrons. The molecule has 4 N–H and O–H groups in total. The molecule has 6 atom stereocenters. The second kappa shape index (κ2) is 15.8. The molecule has 1 aliphatic heterocycles. The zero-order valence-electron chi connectivity index (χ0n) is 28.2.